The molecule has 12 heteroatoms. The highest BCUT2D eigenvalue weighted by molar-refractivity contribution is 7.93. The first kappa shape index (κ1) is 20.3. The molecule has 1 unspecified atom stereocenters. The number of hydrogen-bond acceptors (Lipinski definition) is 9. The molecular formula is C13H16F2O8S2. The fraction of sp³-hybridized carbons (Fsp3) is 0.538. The second kappa shape index (κ2) is 8.58. The molecule has 1 aromatic rings. The minimum atomic E-state index is -4.20. The lowest BCUT2D eigenvalue weighted by molar-refractivity contribution is -0.492. The molecule has 142 valence electrons. The van der Waals surface area contributed by atoms with E-state index in [1.54, 1.807) is 30.3 Å². The molecule has 1 fully saturated rings. The van der Waals surface area contributed by atoms with Gasteiger partial charge in [0.2, 0.25) is 6.29 Å². The Bertz CT molecular complexity index is 643. The predicted octanol–water partition coefficient (Wildman–Crippen LogP) is 1.93. The molecule has 1 saturated heterocycles. The van der Waals surface area contributed by atoms with Crippen LogP contribution in [0.15, 0.2) is 30.3 Å². The number of benzene rings is 1. The van der Waals surface area contributed by atoms with Crippen molar-refractivity contribution < 1.29 is 45.1 Å². The van der Waals surface area contributed by atoms with Crippen molar-refractivity contribution in [2.75, 3.05) is 19.1 Å². The molecule has 0 aromatic heterocycles. The third kappa shape index (κ3) is 5.74. The molecule has 1 aliphatic rings. The Morgan fingerprint density at radius 1 is 1.28 bits per heavy atom. The van der Waals surface area contributed by atoms with Crippen LogP contribution in [-0.4, -0.2) is 52.0 Å². The lowest BCUT2D eigenvalue weighted by atomic mass is 10.1. The smallest absolute Gasteiger partial charge is 0.330 e. The maximum atomic E-state index is 14.4. The third-order valence-corrected chi connectivity index (χ3v) is 3.70. The van der Waals surface area contributed by atoms with E-state index in [4.69, 9.17) is 9.47 Å². The molecule has 2 rings (SSSR count). The predicted molar refractivity (Wildman–Crippen MR) is 82.0 cm³/mol. The first-order valence-electron chi connectivity index (χ1n) is 6.86. The van der Waals surface area contributed by atoms with E-state index in [2.05, 4.69) is 18.4 Å². The molecule has 0 amide bonds. The largest absolute Gasteiger partial charge is 0.491 e. The molecule has 0 N–H and O–H groups in total. The molecule has 0 saturated carbocycles. The third-order valence-electron chi connectivity index (χ3n) is 2.99. The highest BCUT2D eigenvalue weighted by Gasteiger charge is 2.63. The van der Waals surface area contributed by atoms with Crippen molar-refractivity contribution in [3.05, 3.63) is 30.3 Å². The van der Waals surface area contributed by atoms with E-state index in [1.165, 1.54) is 6.26 Å². The summed E-state index contributed by atoms with van der Waals surface area (Å²) in [5.74, 6) is -3.43. The van der Waals surface area contributed by atoms with Gasteiger partial charge in [-0.25, -0.2) is 4.18 Å². The van der Waals surface area contributed by atoms with Crippen molar-refractivity contribution in [2.45, 2.75) is 24.4 Å². The number of ether oxygens (including phenoxy) is 2. The summed E-state index contributed by atoms with van der Waals surface area (Å²) in [4.78, 5) is 4.53. The van der Waals surface area contributed by atoms with Gasteiger partial charge in [0.15, 0.2) is 6.10 Å². The van der Waals surface area contributed by atoms with Gasteiger partial charge in [-0.1, -0.05) is 23.2 Å². The number of halogens is 2. The van der Waals surface area contributed by atoms with Crippen LogP contribution in [0.5, 0.6) is 5.75 Å². The highest BCUT2D eigenvalue weighted by Crippen LogP contribution is 2.40. The first-order valence-corrected chi connectivity index (χ1v) is 9.83. The molecule has 0 bridgehead atoms. The van der Waals surface area contributed by atoms with E-state index in [-0.39, 0.29) is 6.61 Å². The van der Waals surface area contributed by atoms with E-state index in [9.17, 15) is 17.2 Å². The van der Waals surface area contributed by atoms with E-state index < -0.39 is 34.5 Å². The van der Waals surface area contributed by atoms with Crippen molar-refractivity contribution in [3.63, 3.8) is 0 Å². The number of para-hydroxylation sites is 1. The number of alkyl halides is 2. The van der Waals surface area contributed by atoms with Crippen molar-refractivity contribution >= 4 is 22.2 Å². The Kier molecular flexibility index (Phi) is 6.96. The number of rotatable bonds is 9. The van der Waals surface area contributed by atoms with Crippen LogP contribution in [-0.2, 0) is 33.3 Å². The van der Waals surface area contributed by atoms with Crippen molar-refractivity contribution in [3.8, 4) is 5.75 Å². The Hall–Kier alpha value is -1.02. The summed E-state index contributed by atoms with van der Waals surface area (Å²) in [5, 5.41) is 4.21. The van der Waals surface area contributed by atoms with Crippen LogP contribution >= 0.6 is 12.0 Å². The highest BCUT2D eigenvalue weighted by atomic mass is 32.2. The fourth-order valence-corrected chi connectivity index (χ4v) is 2.56. The number of hydrogen-bond donors (Lipinski definition) is 0. The normalized spacial score (nSPS) is 25.8. The topological polar surface area (TPSA) is 89.5 Å². The summed E-state index contributed by atoms with van der Waals surface area (Å²) >= 11 is 0.716. The summed E-state index contributed by atoms with van der Waals surface area (Å²) in [6, 6.07) is 8.36. The summed E-state index contributed by atoms with van der Waals surface area (Å²) < 4.78 is 70.0. The Balaban J connectivity index is 2.10. The van der Waals surface area contributed by atoms with Gasteiger partial charge in [0.05, 0.1) is 6.26 Å². The molecule has 8 nitrogen and oxygen atoms in total. The van der Waals surface area contributed by atoms with Crippen molar-refractivity contribution in [1.82, 2.24) is 0 Å². The molecule has 25 heavy (non-hydrogen) atoms. The van der Waals surface area contributed by atoms with Crippen LogP contribution in [0.2, 0.25) is 0 Å². The maximum absolute atomic E-state index is 14.4. The molecule has 3 atom stereocenters. The van der Waals surface area contributed by atoms with Crippen LogP contribution in [0.25, 0.3) is 0 Å². The van der Waals surface area contributed by atoms with Crippen LogP contribution in [0.1, 0.15) is 0 Å². The van der Waals surface area contributed by atoms with Gasteiger partial charge in [-0.15, -0.1) is 4.33 Å². The second-order valence-corrected chi connectivity index (χ2v) is 7.00. The van der Waals surface area contributed by atoms with Gasteiger partial charge in [0.25, 0.3) is 10.1 Å². The van der Waals surface area contributed by atoms with Gasteiger partial charge in [0, 0.05) is 18.3 Å². The summed E-state index contributed by atoms with van der Waals surface area (Å²) in [6.07, 6.45) is -3.68. The Labute approximate surface area is 147 Å². The molecule has 1 aromatic carbocycles. The SMILES string of the molecule is CSOOO[C@@H]1[C@@H](COc2ccccc2)OC(OS(C)(=O)=O)C1(F)F. The second-order valence-electron chi connectivity index (χ2n) is 4.92. The zero-order valence-electron chi connectivity index (χ0n) is 13.2. The fourth-order valence-electron chi connectivity index (χ4n) is 1.98. The average Bonchev–Trinajstić information content (AvgIpc) is 2.76. The molecule has 1 heterocycles. The Morgan fingerprint density at radius 2 is 1.96 bits per heavy atom. The van der Waals surface area contributed by atoms with Crippen molar-refractivity contribution in [1.29, 1.82) is 0 Å². The van der Waals surface area contributed by atoms with E-state index in [1.807, 2.05) is 0 Å². The molecular weight excluding hydrogens is 386 g/mol. The lowest BCUT2D eigenvalue weighted by Crippen LogP contribution is -2.44. The standard InChI is InChI=1S/C13H16F2O8S2/c1-24-23-22-20-11-10(8-18-9-6-4-3-5-7-9)19-12(13(11,14)15)21-25(2,16)17/h3-7,10-12H,8H2,1-2H3/t10-,11-,12?/m1/s1. The maximum Gasteiger partial charge on any atom is 0.330 e. The van der Waals surface area contributed by atoms with Gasteiger partial charge in [0.1, 0.15) is 18.5 Å². The molecule has 0 spiro atoms. The zero-order valence-corrected chi connectivity index (χ0v) is 14.8. The van der Waals surface area contributed by atoms with E-state index in [0.717, 1.165) is 0 Å². The van der Waals surface area contributed by atoms with Gasteiger partial charge < -0.3 is 9.47 Å². The minimum Gasteiger partial charge on any atom is -0.491 e. The average molecular weight is 402 g/mol. The van der Waals surface area contributed by atoms with E-state index in [0.29, 0.717) is 24.0 Å². The van der Waals surface area contributed by atoms with Crippen molar-refractivity contribution in [2.24, 2.45) is 0 Å². The van der Waals surface area contributed by atoms with Crippen LogP contribution < -0.4 is 4.74 Å². The lowest BCUT2D eigenvalue weighted by Gasteiger charge is -2.21. The van der Waals surface area contributed by atoms with Crippen LogP contribution in [0.4, 0.5) is 8.78 Å². The molecule has 1 aliphatic heterocycles. The van der Waals surface area contributed by atoms with Crippen LogP contribution in [0, 0.1) is 0 Å². The quantitative estimate of drug-likeness (QED) is 0.202. The minimum absolute atomic E-state index is 0.365. The van der Waals surface area contributed by atoms with Gasteiger partial charge >= 0.3 is 5.92 Å². The summed E-state index contributed by atoms with van der Waals surface area (Å²) in [5.41, 5.74) is 0. The monoisotopic (exact) mass is 402 g/mol. The molecule has 0 aliphatic carbocycles. The first-order chi connectivity index (χ1) is 11.7. The zero-order chi connectivity index (χ0) is 18.5. The van der Waals surface area contributed by atoms with Gasteiger partial charge in [-0.2, -0.15) is 22.1 Å². The van der Waals surface area contributed by atoms with Gasteiger partial charge in [-0.3, -0.25) is 0 Å². The van der Waals surface area contributed by atoms with E-state index >= 15 is 0 Å². The molecule has 0 radical (unpaired) electrons. The summed E-state index contributed by atoms with van der Waals surface area (Å²) in [7, 11) is -4.20. The Morgan fingerprint density at radius 3 is 2.56 bits per heavy atom. The summed E-state index contributed by atoms with van der Waals surface area (Å²) in [6.45, 7) is -0.365. The van der Waals surface area contributed by atoms with Gasteiger partial charge in [-0.05, 0) is 12.1 Å². The van der Waals surface area contributed by atoms with Crippen LogP contribution in [0.3, 0.4) is 0 Å².